The van der Waals surface area contributed by atoms with E-state index >= 15 is 0 Å². The number of carbonyl (C=O) groups excluding carboxylic acids is 3. The fourth-order valence-corrected chi connectivity index (χ4v) is 4.76. The summed E-state index contributed by atoms with van der Waals surface area (Å²) in [5.41, 5.74) is 2.24. The summed E-state index contributed by atoms with van der Waals surface area (Å²) >= 11 is 0. The molecule has 0 radical (unpaired) electrons. The number of rotatable bonds is 13. The Hall–Kier alpha value is -3.35. The maximum absolute atomic E-state index is 14.7. The number of amides is 3. The summed E-state index contributed by atoms with van der Waals surface area (Å²) in [6.45, 7) is 18.0. The number of aryl methyl sites for hydroxylation is 1. The number of nitrogens with one attached hydrogen (secondary N) is 2. The highest BCUT2D eigenvalue weighted by molar-refractivity contribution is 5.93. The van der Waals surface area contributed by atoms with Crippen molar-refractivity contribution in [1.29, 1.82) is 0 Å². The summed E-state index contributed by atoms with van der Waals surface area (Å²) < 4.78 is 5.55. The van der Waals surface area contributed by atoms with Crippen molar-refractivity contribution >= 4 is 17.9 Å². The Morgan fingerprint density at radius 3 is 2.15 bits per heavy atom. The number of hydrogen-bond acceptors (Lipinski definition) is 4. The van der Waals surface area contributed by atoms with Crippen molar-refractivity contribution in [3.05, 3.63) is 70.8 Å². The van der Waals surface area contributed by atoms with Gasteiger partial charge in [-0.05, 0) is 83.6 Å². The summed E-state index contributed by atoms with van der Waals surface area (Å²) in [5, 5.41) is 5.96. The van der Waals surface area contributed by atoms with Gasteiger partial charge in [-0.1, -0.05) is 75.2 Å². The Labute approximate surface area is 247 Å². The Morgan fingerprint density at radius 2 is 1.56 bits per heavy atom. The lowest BCUT2D eigenvalue weighted by molar-refractivity contribution is -0.149. The molecule has 0 spiro atoms. The van der Waals surface area contributed by atoms with E-state index in [4.69, 9.17) is 4.74 Å². The zero-order valence-corrected chi connectivity index (χ0v) is 26.6. The van der Waals surface area contributed by atoms with Gasteiger partial charge in [0.1, 0.15) is 17.7 Å². The molecule has 0 heterocycles. The van der Waals surface area contributed by atoms with Gasteiger partial charge in [-0.15, -0.1) is 0 Å². The van der Waals surface area contributed by atoms with Crippen LogP contribution in [0.15, 0.2) is 48.5 Å². The second-order valence-corrected chi connectivity index (χ2v) is 12.5. The first-order valence-electron chi connectivity index (χ1n) is 14.9. The molecule has 0 saturated carbocycles. The van der Waals surface area contributed by atoms with E-state index in [1.807, 2.05) is 83.1 Å². The molecule has 7 heteroatoms. The quantitative estimate of drug-likeness (QED) is 0.261. The molecule has 0 fully saturated rings. The molecule has 2 aromatic carbocycles. The van der Waals surface area contributed by atoms with Crippen LogP contribution in [-0.2, 0) is 20.7 Å². The minimum absolute atomic E-state index is 0.222. The van der Waals surface area contributed by atoms with Crippen LogP contribution in [0.2, 0.25) is 0 Å². The monoisotopic (exact) mass is 565 g/mol. The van der Waals surface area contributed by atoms with Crippen LogP contribution in [0.4, 0.5) is 4.79 Å². The zero-order chi connectivity index (χ0) is 30.8. The van der Waals surface area contributed by atoms with Crippen LogP contribution < -0.4 is 10.6 Å². The first-order chi connectivity index (χ1) is 19.2. The Balaban J connectivity index is 2.65. The zero-order valence-electron chi connectivity index (χ0n) is 26.6. The van der Waals surface area contributed by atoms with Crippen molar-refractivity contribution in [3.8, 4) is 0 Å². The van der Waals surface area contributed by atoms with E-state index in [0.29, 0.717) is 13.0 Å². The van der Waals surface area contributed by atoms with Gasteiger partial charge in [0.25, 0.3) is 0 Å². The van der Waals surface area contributed by atoms with Crippen molar-refractivity contribution in [2.75, 3.05) is 6.54 Å². The SMILES string of the molecule is CCCCCNC(=O)C(c1cccc(C)c1C)N(C(=O)C(Cc1ccccc1)NC(=O)OC(C)(C)C)C(C)(C)CC. The molecule has 0 saturated heterocycles. The Kier molecular flexibility index (Phi) is 12.4. The maximum atomic E-state index is 14.7. The normalized spacial score (nSPS) is 13.2. The third-order valence-corrected chi connectivity index (χ3v) is 7.55. The molecule has 0 bridgehead atoms. The topological polar surface area (TPSA) is 87.7 Å². The van der Waals surface area contributed by atoms with Crippen LogP contribution in [0.5, 0.6) is 0 Å². The van der Waals surface area contributed by atoms with E-state index in [1.165, 1.54) is 0 Å². The lowest BCUT2D eigenvalue weighted by Gasteiger charge is -2.45. The molecule has 2 rings (SSSR count). The minimum atomic E-state index is -0.946. The van der Waals surface area contributed by atoms with Gasteiger partial charge in [-0.3, -0.25) is 9.59 Å². The fraction of sp³-hybridized carbons (Fsp3) is 0.559. The standard InChI is InChI=1S/C34H51N3O4/c1-10-12-16-22-35-30(38)29(27-21-17-18-24(3)25(27)4)37(34(8,9)11-2)31(39)28(23-26-19-14-13-15-20-26)36-32(40)41-33(5,6)7/h13-15,17-21,28-29H,10-12,16,22-23H2,1-9H3,(H,35,38)(H,36,40). The molecule has 2 atom stereocenters. The van der Waals surface area contributed by atoms with Crippen LogP contribution in [0.3, 0.4) is 0 Å². The van der Waals surface area contributed by atoms with Crippen LogP contribution in [0.1, 0.15) is 102 Å². The Morgan fingerprint density at radius 1 is 0.902 bits per heavy atom. The van der Waals surface area contributed by atoms with E-state index in [1.54, 1.807) is 25.7 Å². The number of nitrogens with zero attached hydrogens (tertiary/aromatic N) is 1. The van der Waals surface area contributed by atoms with Gasteiger partial charge < -0.3 is 20.3 Å². The van der Waals surface area contributed by atoms with E-state index in [0.717, 1.165) is 41.5 Å². The summed E-state index contributed by atoms with van der Waals surface area (Å²) in [5.74, 6) is -0.554. The van der Waals surface area contributed by atoms with Crippen LogP contribution in [-0.4, -0.2) is 46.5 Å². The van der Waals surface area contributed by atoms with Gasteiger partial charge in [-0.2, -0.15) is 0 Å². The number of unbranched alkanes of at least 4 members (excludes halogenated alkanes) is 2. The highest BCUT2D eigenvalue weighted by Gasteiger charge is 2.43. The average Bonchev–Trinajstić information content (AvgIpc) is 2.90. The summed E-state index contributed by atoms with van der Waals surface area (Å²) in [6, 6.07) is 13.6. The molecule has 7 nitrogen and oxygen atoms in total. The van der Waals surface area contributed by atoms with Crippen molar-refractivity contribution in [2.45, 2.75) is 118 Å². The predicted octanol–water partition coefficient (Wildman–Crippen LogP) is 6.80. The lowest BCUT2D eigenvalue weighted by Crippen LogP contribution is -2.60. The minimum Gasteiger partial charge on any atom is -0.444 e. The van der Waals surface area contributed by atoms with Crippen molar-refractivity contribution in [3.63, 3.8) is 0 Å². The third kappa shape index (κ3) is 9.91. The lowest BCUT2D eigenvalue weighted by atomic mass is 9.88. The average molecular weight is 566 g/mol. The number of ether oxygens (including phenoxy) is 1. The molecule has 226 valence electrons. The molecule has 0 aliphatic carbocycles. The Bertz CT molecular complexity index is 1150. The molecule has 0 aromatic heterocycles. The highest BCUT2D eigenvalue weighted by atomic mass is 16.6. The summed E-state index contributed by atoms with van der Waals surface area (Å²) in [7, 11) is 0. The number of hydrogen-bond donors (Lipinski definition) is 2. The predicted molar refractivity (Wildman–Crippen MR) is 166 cm³/mol. The van der Waals surface area contributed by atoms with Crippen molar-refractivity contribution in [1.82, 2.24) is 15.5 Å². The van der Waals surface area contributed by atoms with E-state index in [2.05, 4.69) is 17.6 Å². The molecule has 3 amide bonds. The van der Waals surface area contributed by atoms with Gasteiger partial charge in [-0.25, -0.2) is 4.79 Å². The summed E-state index contributed by atoms with van der Waals surface area (Å²) in [4.78, 5) is 43.5. The number of benzene rings is 2. The van der Waals surface area contributed by atoms with Gasteiger partial charge in [0.2, 0.25) is 11.8 Å². The maximum Gasteiger partial charge on any atom is 0.408 e. The molecule has 41 heavy (non-hydrogen) atoms. The van der Waals surface area contributed by atoms with E-state index < -0.39 is 29.3 Å². The van der Waals surface area contributed by atoms with Crippen molar-refractivity contribution in [2.24, 2.45) is 0 Å². The van der Waals surface area contributed by atoms with Crippen molar-refractivity contribution < 1.29 is 19.1 Å². The first-order valence-corrected chi connectivity index (χ1v) is 14.9. The number of carbonyl (C=O) groups is 3. The second-order valence-electron chi connectivity index (χ2n) is 12.5. The molecule has 2 aromatic rings. The van der Waals surface area contributed by atoms with Crippen LogP contribution in [0.25, 0.3) is 0 Å². The molecule has 2 unspecified atom stereocenters. The molecule has 2 N–H and O–H groups in total. The first kappa shape index (κ1) is 33.9. The van der Waals surface area contributed by atoms with Gasteiger partial charge in [0.05, 0.1) is 0 Å². The van der Waals surface area contributed by atoms with E-state index in [-0.39, 0.29) is 18.2 Å². The van der Waals surface area contributed by atoms with Gasteiger partial charge in [0, 0.05) is 18.5 Å². The molecule has 0 aliphatic rings. The second kappa shape index (κ2) is 15.0. The van der Waals surface area contributed by atoms with Crippen LogP contribution in [0, 0.1) is 13.8 Å². The largest absolute Gasteiger partial charge is 0.444 e. The number of alkyl carbamates (subject to hydrolysis) is 1. The summed E-state index contributed by atoms with van der Waals surface area (Å²) in [6.07, 6.45) is 3.11. The highest BCUT2D eigenvalue weighted by Crippen LogP contribution is 2.34. The molecular formula is C34H51N3O4. The smallest absolute Gasteiger partial charge is 0.408 e. The van der Waals surface area contributed by atoms with Gasteiger partial charge >= 0.3 is 6.09 Å². The third-order valence-electron chi connectivity index (χ3n) is 7.55. The van der Waals surface area contributed by atoms with Gasteiger partial charge in [0.15, 0.2) is 0 Å². The fourth-order valence-electron chi connectivity index (χ4n) is 4.76. The van der Waals surface area contributed by atoms with Crippen LogP contribution >= 0.6 is 0 Å². The van der Waals surface area contributed by atoms with E-state index in [9.17, 15) is 14.4 Å². The molecular weight excluding hydrogens is 514 g/mol. The molecule has 0 aliphatic heterocycles.